The Balaban J connectivity index is 1.83. The zero-order valence-electron chi connectivity index (χ0n) is 10.9. The van der Waals surface area contributed by atoms with E-state index in [1.165, 1.54) is 38.9 Å². The summed E-state index contributed by atoms with van der Waals surface area (Å²) in [5.74, 6) is 0.722. The molecule has 2 unspecified atom stereocenters. The van der Waals surface area contributed by atoms with Crippen molar-refractivity contribution in [1.82, 2.24) is 9.80 Å². The van der Waals surface area contributed by atoms with Crippen LogP contribution < -0.4 is 5.73 Å². The summed E-state index contributed by atoms with van der Waals surface area (Å²) in [6.45, 7) is 9.49. The van der Waals surface area contributed by atoms with Crippen LogP contribution in [0.2, 0.25) is 0 Å². The van der Waals surface area contributed by atoms with Crippen LogP contribution in [-0.4, -0.2) is 48.2 Å². The fourth-order valence-corrected chi connectivity index (χ4v) is 3.30. The smallest absolute Gasteiger partial charge is 0.0623 e. The highest BCUT2D eigenvalue weighted by Crippen LogP contribution is 2.25. The van der Waals surface area contributed by atoms with Gasteiger partial charge in [0.25, 0.3) is 0 Å². The molecule has 2 rings (SSSR count). The third kappa shape index (κ3) is 2.96. The van der Waals surface area contributed by atoms with Crippen molar-refractivity contribution in [3.8, 4) is 0 Å². The van der Waals surface area contributed by atoms with Gasteiger partial charge in [-0.15, -0.1) is 0 Å². The Morgan fingerprint density at radius 3 is 2.69 bits per heavy atom. The summed E-state index contributed by atoms with van der Waals surface area (Å²) in [7, 11) is 0. The molecule has 2 N–H and O–H groups in total. The Morgan fingerprint density at radius 2 is 1.94 bits per heavy atom. The first-order valence-electron chi connectivity index (χ1n) is 6.90. The SMILES string of the molecule is CC(C)CC(N)CN1CCCN2CCCC21. The predicted octanol–water partition coefficient (Wildman–Crippen LogP) is 1.49. The number of hydrogen-bond donors (Lipinski definition) is 1. The molecule has 0 aromatic heterocycles. The van der Waals surface area contributed by atoms with E-state index < -0.39 is 0 Å². The average molecular weight is 225 g/mol. The second-order valence-electron chi connectivity index (χ2n) is 5.90. The summed E-state index contributed by atoms with van der Waals surface area (Å²) < 4.78 is 0. The Labute approximate surface area is 100.0 Å². The Bertz CT molecular complexity index is 217. The lowest BCUT2D eigenvalue weighted by Crippen LogP contribution is -2.53. The molecule has 2 heterocycles. The van der Waals surface area contributed by atoms with Crippen molar-refractivity contribution in [2.24, 2.45) is 11.7 Å². The number of rotatable bonds is 4. The molecular formula is C13H27N3. The molecule has 3 nitrogen and oxygen atoms in total. The molecule has 94 valence electrons. The topological polar surface area (TPSA) is 32.5 Å². The number of nitrogens with two attached hydrogens (primary N) is 1. The van der Waals surface area contributed by atoms with Crippen LogP contribution in [-0.2, 0) is 0 Å². The first kappa shape index (κ1) is 12.3. The van der Waals surface area contributed by atoms with Gasteiger partial charge in [0.05, 0.1) is 6.17 Å². The van der Waals surface area contributed by atoms with Crippen molar-refractivity contribution in [1.29, 1.82) is 0 Å². The van der Waals surface area contributed by atoms with Gasteiger partial charge in [0.1, 0.15) is 0 Å². The lowest BCUT2D eigenvalue weighted by molar-refractivity contribution is 0.0292. The van der Waals surface area contributed by atoms with Crippen LogP contribution in [0.4, 0.5) is 0 Å². The molecule has 3 heteroatoms. The number of fused-ring (bicyclic) bond motifs is 1. The van der Waals surface area contributed by atoms with Crippen molar-refractivity contribution in [3.63, 3.8) is 0 Å². The van der Waals surface area contributed by atoms with Gasteiger partial charge in [0.2, 0.25) is 0 Å². The highest BCUT2D eigenvalue weighted by atomic mass is 15.4. The van der Waals surface area contributed by atoms with Crippen molar-refractivity contribution < 1.29 is 0 Å². The van der Waals surface area contributed by atoms with Crippen LogP contribution >= 0.6 is 0 Å². The third-order valence-electron chi connectivity index (χ3n) is 3.88. The molecule has 0 spiro atoms. The molecular weight excluding hydrogens is 198 g/mol. The van der Waals surface area contributed by atoms with Gasteiger partial charge in [0.15, 0.2) is 0 Å². The van der Waals surface area contributed by atoms with Gasteiger partial charge in [-0.1, -0.05) is 13.8 Å². The average Bonchev–Trinajstić information content (AvgIpc) is 2.65. The van der Waals surface area contributed by atoms with Crippen LogP contribution in [0.3, 0.4) is 0 Å². The maximum Gasteiger partial charge on any atom is 0.0623 e. The van der Waals surface area contributed by atoms with E-state index >= 15 is 0 Å². The Hall–Kier alpha value is -0.120. The lowest BCUT2D eigenvalue weighted by atomic mass is 10.0. The number of nitrogens with zero attached hydrogens (tertiary/aromatic N) is 2. The molecule has 2 atom stereocenters. The van der Waals surface area contributed by atoms with E-state index in [1.54, 1.807) is 0 Å². The van der Waals surface area contributed by atoms with Gasteiger partial charge in [-0.2, -0.15) is 0 Å². The largest absolute Gasteiger partial charge is 0.327 e. The van der Waals surface area contributed by atoms with Gasteiger partial charge < -0.3 is 5.73 Å². The van der Waals surface area contributed by atoms with Crippen LogP contribution in [0.15, 0.2) is 0 Å². The molecule has 2 aliphatic rings. The van der Waals surface area contributed by atoms with Gasteiger partial charge in [-0.3, -0.25) is 9.80 Å². The van der Waals surface area contributed by atoms with Crippen molar-refractivity contribution in [2.75, 3.05) is 26.2 Å². The van der Waals surface area contributed by atoms with Crippen LogP contribution in [0.1, 0.15) is 39.5 Å². The van der Waals surface area contributed by atoms with Crippen LogP contribution in [0.5, 0.6) is 0 Å². The molecule has 2 saturated heterocycles. The van der Waals surface area contributed by atoms with Crippen LogP contribution in [0.25, 0.3) is 0 Å². The van der Waals surface area contributed by atoms with E-state index in [0.717, 1.165) is 18.9 Å². The highest BCUT2D eigenvalue weighted by molar-refractivity contribution is 4.86. The summed E-state index contributed by atoms with van der Waals surface area (Å²) in [4.78, 5) is 5.27. The lowest BCUT2D eigenvalue weighted by Gasteiger charge is -2.41. The van der Waals surface area contributed by atoms with Gasteiger partial charge >= 0.3 is 0 Å². The van der Waals surface area contributed by atoms with Crippen molar-refractivity contribution >= 4 is 0 Å². The molecule has 0 aromatic carbocycles. The predicted molar refractivity (Wildman–Crippen MR) is 68.2 cm³/mol. The van der Waals surface area contributed by atoms with E-state index in [2.05, 4.69) is 23.6 Å². The first-order valence-corrected chi connectivity index (χ1v) is 6.90. The molecule has 0 radical (unpaired) electrons. The minimum absolute atomic E-state index is 0.362. The zero-order chi connectivity index (χ0) is 11.5. The van der Waals surface area contributed by atoms with Crippen molar-refractivity contribution in [2.45, 2.75) is 51.7 Å². The molecule has 0 bridgehead atoms. The Morgan fingerprint density at radius 1 is 1.19 bits per heavy atom. The monoisotopic (exact) mass is 225 g/mol. The molecule has 0 amide bonds. The molecule has 2 aliphatic heterocycles. The number of hydrogen-bond acceptors (Lipinski definition) is 3. The van der Waals surface area contributed by atoms with E-state index in [-0.39, 0.29) is 0 Å². The van der Waals surface area contributed by atoms with Gasteiger partial charge in [-0.05, 0) is 38.1 Å². The van der Waals surface area contributed by atoms with E-state index in [0.29, 0.717) is 12.2 Å². The minimum atomic E-state index is 0.362. The van der Waals surface area contributed by atoms with Crippen molar-refractivity contribution in [3.05, 3.63) is 0 Å². The van der Waals surface area contributed by atoms with Crippen LogP contribution in [0, 0.1) is 5.92 Å². The second-order valence-corrected chi connectivity index (χ2v) is 5.90. The summed E-state index contributed by atoms with van der Waals surface area (Å²) in [6.07, 6.45) is 5.93. The molecule has 2 fully saturated rings. The summed E-state index contributed by atoms with van der Waals surface area (Å²) in [5, 5.41) is 0. The highest BCUT2D eigenvalue weighted by Gasteiger charge is 2.33. The fourth-order valence-electron chi connectivity index (χ4n) is 3.30. The molecule has 0 aliphatic carbocycles. The second kappa shape index (κ2) is 5.48. The normalized spacial score (nSPS) is 29.6. The standard InChI is InChI=1S/C13H27N3/c1-11(2)9-12(14)10-16-8-4-7-15-6-3-5-13(15)16/h11-13H,3-10,14H2,1-2H3. The maximum absolute atomic E-state index is 6.23. The summed E-state index contributed by atoms with van der Waals surface area (Å²) >= 11 is 0. The summed E-state index contributed by atoms with van der Waals surface area (Å²) in [5.41, 5.74) is 6.23. The van der Waals surface area contributed by atoms with E-state index in [1.807, 2.05) is 0 Å². The fraction of sp³-hybridized carbons (Fsp3) is 1.00. The first-order chi connectivity index (χ1) is 7.66. The summed E-state index contributed by atoms with van der Waals surface area (Å²) in [6, 6.07) is 0.362. The molecule has 16 heavy (non-hydrogen) atoms. The van der Waals surface area contributed by atoms with E-state index in [9.17, 15) is 0 Å². The quantitative estimate of drug-likeness (QED) is 0.787. The van der Waals surface area contributed by atoms with Gasteiger partial charge in [-0.25, -0.2) is 0 Å². The maximum atomic E-state index is 6.23. The molecule has 0 aromatic rings. The van der Waals surface area contributed by atoms with E-state index in [4.69, 9.17) is 5.73 Å². The minimum Gasteiger partial charge on any atom is -0.327 e. The molecule has 0 saturated carbocycles. The zero-order valence-corrected chi connectivity index (χ0v) is 10.9. The Kier molecular flexibility index (Phi) is 4.22. The third-order valence-corrected chi connectivity index (χ3v) is 3.88. The van der Waals surface area contributed by atoms with Gasteiger partial charge in [0, 0.05) is 25.7 Å².